The quantitative estimate of drug-likeness (QED) is 0.667. The fourth-order valence-corrected chi connectivity index (χ4v) is 4.52. The Balaban J connectivity index is 1.69. The average Bonchev–Trinajstić information content (AvgIpc) is 3.67. The van der Waals surface area contributed by atoms with Crippen LogP contribution in [-0.2, 0) is 6.54 Å². The third-order valence-corrected chi connectivity index (χ3v) is 6.66. The molecule has 1 aliphatic carbocycles. The van der Waals surface area contributed by atoms with Crippen molar-refractivity contribution in [3.05, 3.63) is 63.6 Å². The molecule has 0 unspecified atom stereocenters. The fraction of sp³-hybridized carbons (Fsp3) is 0.500. The van der Waals surface area contributed by atoms with Gasteiger partial charge in [0.25, 0.3) is 11.8 Å². The highest BCUT2D eigenvalue weighted by molar-refractivity contribution is 5.99. The van der Waals surface area contributed by atoms with Gasteiger partial charge in [0.15, 0.2) is 0 Å². The Morgan fingerprint density at radius 3 is 2.64 bits per heavy atom. The molecule has 2 aliphatic rings. The standard InChI is InChI=1S/C26H33N3O4/c1-3-20-8-4-5-12-29(20)26(32)23-17-28(15-19-7-6-9-21(13-19)33-2)16-22(24(23)30)25(31)27-14-18-10-11-18/h6-7,9,13,16-18,20H,3-5,8,10-12,14-15H2,1-2H3,(H,27,31)/t20-/m1/s1. The first-order valence-corrected chi connectivity index (χ1v) is 12.0. The topological polar surface area (TPSA) is 80.6 Å². The van der Waals surface area contributed by atoms with Gasteiger partial charge in [0.05, 0.1) is 7.11 Å². The van der Waals surface area contributed by atoms with Crippen molar-refractivity contribution in [2.75, 3.05) is 20.2 Å². The molecule has 1 aliphatic heterocycles. The van der Waals surface area contributed by atoms with Crippen molar-refractivity contribution in [2.45, 2.75) is 58.0 Å². The van der Waals surface area contributed by atoms with Gasteiger partial charge in [-0.1, -0.05) is 19.1 Å². The number of hydrogen-bond acceptors (Lipinski definition) is 4. The van der Waals surface area contributed by atoms with Crippen LogP contribution in [0, 0.1) is 5.92 Å². The maximum Gasteiger partial charge on any atom is 0.259 e. The van der Waals surface area contributed by atoms with E-state index in [4.69, 9.17) is 4.74 Å². The number of nitrogens with zero attached hydrogens (tertiary/aromatic N) is 2. The smallest absolute Gasteiger partial charge is 0.259 e. The van der Waals surface area contributed by atoms with Crippen LogP contribution in [0.2, 0.25) is 0 Å². The number of ether oxygens (including phenoxy) is 1. The minimum Gasteiger partial charge on any atom is -0.497 e. The molecule has 1 aromatic carbocycles. The summed E-state index contributed by atoms with van der Waals surface area (Å²) in [6.45, 7) is 3.69. The highest BCUT2D eigenvalue weighted by Gasteiger charge is 2.30. The number of piperidine rings is 1. The number of amides is 2. The SMILES string of the molecule is CC[C@@H]1CCCCN1C(=O)c1cn(Cc2cccc(OC)c2)cc(C(=O)NCC2CC2)c1=O. The molecule has 33 heavy (non-hydrogen) atoms. The van der Waals surface area contributed by atoms with Gasteiger partial charge in [-0.15, -0.1) is 0 Å². The van der Waals surface area contributed by atoms with Crippen LogP contribution in [0.5, 0.6) is 5.75 Å². The normalized spacial score (nSPS) is 18.1. The van der Waals surface area contributed by atoms with E-state index in [2.05, 4.69) is 12.2 Å². The predicted octanol–water partition coefficient (Wildman–Crippen LogP) is 3.45. The molecule has 1 saturated carbocycles. The van der Waals surface area contributed by atoms with Gasteiger partial charge in [0, 0.05) is 38.1 Å². The van der Waals surface area contributed by atoms with Gasteiger partial charge in [-0.3, -0.25) is 14.4 Å². The number of rotatable bonds is 8. The average molecular weight is 452 g/mol. The van der Waals surface area contributed by atoms with Crippen molar-refractivity contribution in [1.29, 1.82) is 0 Å². The van der Waals surface area contributed by atoms with E-state index in [-0.39, 0.29) is 23.1 Å². The second-order valence-electron chi connectivity index (χ2n) is 9.15. The molecule has 2 aromatic rings. The van der Waals surface area contributed by atoms with Crippen molar-refractivity contribution in [1.82, 2.24) is 14.8 Å². The van der Waals surface area contributed by atoms with Crippen LogP contribution in [0.1, 0.15) is 71.7 Å². The van der Waals surface area contributed by atoms with Gasteiger partial charge < -0.3 is 19.5 Å². The molecule has 0 bridgehead atoms. The van der Waals surface area contributed by atoms with Crippen LogP contribution in [-0.4, -0.2) is 47.5 Å². The molecular weight excluding hydrogens is 418 g/mol. The van der Waals surface area contributed by atoms with E-state index in [1.165, 1.54) is 0 Å². The molecule has 7 nitrogen and oxygen atoms in total. The van der Waals surface area contributed by atoms with Crippen molar-refractivity contribution in [3.8, 4) is 5.75 Å². The van der Waals surface area contributed by atoms with E-state index in [1.807, 2.05) is 29.2 Å². The maximum atomic E-state index is 13.5. The number of pyridine rings is 1. The fourth-order valence-electron chi connectivity index (χ4n) is 4.52. The monoisotopic (exact) mass is 451 g/mol. The first-order chi connectivity index (χ1) is 16.0. The number of methoxy groups -OCH3 is 1. The number of nitrogens with one attached hydrogen (secondary N) is 1. The van der Waals surface area contributed by atoms with E-state index in [9.17, 15) is 14.4 Å². The Labute approximate surface area is 194 Å². The third kappa shape index (κ3) is 5.46. The summed E-state index contributed by atoms with van der Waals surface area (Å²) in [7, 11) is 1.61. The van der Waals surface area contributed by atoms with Crippen LogP contribution in [0.25, 0.3) is 0 Å². The second-order valence-corrected chi connectivity index (χ2v) is 9.15. The Kier molecular flexibility index (Phi) is 7.16. The minimum atomic E-state index is -0.490. The van der Waals surface area contributed by atoms with Crippen LogP contribution < -0.4 is 15.5 Å². The molecule has 0 radical (unpaired) electrons. The highest BCUT2D eigenvalue weighted by atomic mass is 16.5. The lowest BCUT2D eigenvalue weighted by molar-refractivity contribution is 0.0605. The van der Waals surface area contributed by atoms with E-state index in [1.54, 1.807) is 24.1 Å². The molecular formula is C26H33N3O4. The molecule has 1 saturated heterocycles. The van der Waals surface area contributed by atoms with Gasteiger partial charge >= 0.3 is 0 Å². The lowest BCUT2D eigenvalue weighted by Gasteiger charge is -2.35. The van der Waals surface area contributed by atoms with Gasteiger partial charge in [-0.05, 0) is 62.1 Å². The molecule has 176 valence electrons. The van der Waals surface area contributed by atoms with E-state index in [0.717, 1.165) is 49.8 Å². The summed E-state index contributed by atoms with van der Waals surface area (Å²) >= 11 is 0. The molecule has 4 rings (SSSR count). The Morgan fingerprint density at radius 2 is 1.91 bits per heavy atom. The summed E-state index contributed by atoms with van der Waals surface area (Å²) in [6.07, 6.45) is 9.19. The Hall–Kier alpha value is -3.09. The molecule has 1 aromatic heterocycles. The van der Waals surface area contributed by atoms with Crippen LogP contribution in [0.3, 0.4) is 0 Å². The summed E-state index contributed by atoms with van der Waals surface area (Å²) < 4.78 is 7.08. The third-order valence-electron chi connectivity index (χ3n) is 6.66. The first-order valence-electron chi connectivity index (χ1n) is 12.0. The number of hydrogen-bond donors (Lipinski definition) is 1. The summed E-state index contributed by atoms with van der Waals surface area (Å²) in [6, 6.07) is 7.74. The van der Waals surface area contributed by atoms with Gasteiger partial charge in [-0.25, -0.2) is 0 Å². The van der Waals surface area contributed by atoms with Crippen LogP contribution >= 0.6 is 0 Å². The Bertz CT molecular complexity index is 1070. The predicted molar refractivity (Wildman–Crippen MR) is 127 cm³/mol. The van der Waals surface area contributed by atoms with Gasteiger partial charge in [-0.2, -0.15) is 0 Å². The number of carbonyl (C=O) groups is 2. The lowest BCUT2D eigenvalue weighted by atomic mass is 9.98. The Morgan fingerprint density at radius 1 is 1.12 bits per heavy atom. The first kappa shape index (κ1) is 23.1. The summed E-state index contributed by atoms with van der Waals surface area (Å²) in [5, 5.41) is 2.88. The molecule has 0 spiro atoms. The molecule has 2 fully saturated rings. The molecule has 2 amide bonds. The molecule has 2 heterocycles. The zero-order chi connectivity index (χ0) is 23.4. The van der Waals surface area contributed by atoms with E-state index in [0.29, 0.717) is 25.6 Å². The largest absolute Gasteiger partial charge is 0.497 e. The van der Waals surface area contributed by atoms with Crippen molar-refractivity contribution in [3.63, 3.8) is 0 Å². The van der Waals surface area contributed by atoms with Crippen LogP contribution in [0.4, 0.5) is 0 Å². The maximum absolute atomic E-state index is 13.5. The minimum absolute atomic E-state index is 0.0226. The lowest BCUT2D eigenvalue weighted by Crippen LogP contribution is -2.45. The number of benzene rings is 1. The molecule has 7 heteroatoms. The van der Waals surface area contributed by atoms with E-state index < -0.39 is 11.3 Å². The van der Waals surface area contributed by atoms with E-state index >= 15 is 0 Å². The summed E-state index contributed by atoms with van der Waals surface area (Å²) in [5.41, 5.74) is 0.549. The zero-order valence-corrected chi connectivity index (χ0v) is 19.5. The van der Waals surface area contributed by atoms with Crippen LogP contribution in [0.15, 0.2) is 41.5 Å². The van der Waals surface area contributed by atoms with Crippen molar-refractivity contribution in [2.24, 2.45) is 5.92 Å². The summed E-state index contributed by atoms with van der Waals surface area (Å²) in [5.74, 6) is 0.539. The van der Waals surface area contributed by atoms with Crippen molar-refractivity contribution >= 4 is 11.8 Å². The molecule has 1 N–H and O–H groups in total. The molecule has 1 atom stereocenters. The number of likely N-dealkylation sites (tertiary alicyclic amines) is 1. The zero-order valence-electron chi connectivity index (χ0n) is 19.5. The second kappa shape index (κ2) is 10.2. The van der Waals surface area contributed by atoms with Gasteiger partial charge in [0.2, 0.25) is 5.43 Å². The number of aromatic nitrogens is 1. The van der Waals surface area contributed by atoms with Gasteiger partial charge in [0.1, 0.15) is 16.9 Å². The highest BCUT2D eigenvalue weighted by Crippen LogP contribution is 2.27. The number of carbonyl (C=O) groups excluding carboxylic acids is 2. The van der Waals surface area contributed by atoms with Crippen molar-refractivity contribution < 1.29 is 14.3 Å². The summed E-state index contributed by atoms with van der Waals surface area (Å²) in [4.78, 5) is 41.5.